The highest BCUT2D eigenvalue weighted by atomic mass is 32.2. The lowest BCUT2D eigenvalue weighted by atomic mass is 10.1. The lowest BCUT2D eigenvalue weighted by molar-refractivity contribution is -0.394. The van der Waals surface area contributed by atoms with Gasteiger partial charge in [-0.25, -0.2) is 0 Å². The van der Waals surface area contributed by atoms with E-state index in [1.807, 2.05) is 19.1 Å². The van der Waals surface area contributed by atoms with Crippen molar-refractivity contribution in [2.45, 2.75) is 6.92 Å². The van der Waals surface area contributed by atoms with Crippen LogP contribution in [0.1, 0.15) is 11.1 Å². The topological polar surface area (TPSA) is 171 Å². The van der Waals surface area contributed by atoms with Gasteiger partial charge in [0, 0.05) is 11.8 Å². The van der Waals surface area contributed by atoms with Crippen molar-refractivity contribution in [3.63, 3.8) is 0 Å². The molecule has 13 nitrogen and oxygen atoms in total. The van der Waals surface area contributed by atoms with E-state index in [1.165, 1.54) is 31.4 Å². The van der Waals surface area contributed by atoms with E-state index in [0.717, 1.165) is 28.7 Å². The number of aryl methyl sites for hydroxylation is 1. The first-order chi connectivity index (χ1) is 19.1. The Bertz CT molecular complexity index is 1590. The van der Waals surface area contributed by atoms with Gasteiger partial charge in [-0.15, -0.1) is 0 Å². The van der Waals surface area contributed by atoms with Crippen LogP contribution in [0.25, 0.3) is 6.08 Å². The second kappa shape index (κ2) is 11.7. The van der Waals surface area contributed by atoms with Crippen LogP contribution in [0.4, 0.5) is 21.9 Å². The molecule has 0 radical (unpaired) electrons. The molecule has 0 aliphatic carbocycles. The molecule has 1 heterocycles. The molecule has 3 aromatic carbocycles. The van der Waals surface area contributed by atoms with Crippen LogP contribution in [0.15, 0.2) is 65.6 Å². The monoisotopic (exact) mass is 564 g/mol. The number of hydrogen-bond donors (Lipinski definition) is 1. The third kappa shape index (κ3) is 6.07. The Kier molecular flexibility index (Phi) is 8.09. The molecule has 0 unspecified atom stereocenters. The van der Waals surface area contributed by atoms with Crippen molar-refractivity contribution < 1.29 is 33.7 Å². The van der Waals surface area contributed by atoms with E-state index in [-0.39, 0.29) is 22.2 Å². The zero-order valence-electron chi connectivity index (χ0n) is 21.0. The van der Waals surface area contributed by atoms with Crippen molar-refractivity contribution >= 4 is 52.0 Å². The Morgan fingerprint density at radius 1 is 1.00 bits per heavy atom. The molecule has 14 heteroatoms. The summed E-state index contributed by atoms with van der Waals surface area (Å²) in [4.78, 5) is 59.6. The molecule has 1 saturated heterocycles. The molecule has 3 aromatic rings. The Hall–Kier alpha value is -5.24. The first-order valence-corrected chi connectivity index (χ1v) is 12.3. The summed E-state index contributed by atoms with van der Waals surface area (Å²) < 4.78 is 10.9. The first-order valence-electron chi connectivity index (χ1n) is 11.5. The quantitative estimate of drug-likeness (QED) is 0.205. The minimum Gasteiger partial charge on any atom is -0.493 e. The zero-order chi connectivity index (χ0) is 29.0. The van der Waals surface area contributed by atoms with E-state index in [9.17, 15) is 34.6 Å². The molecule has 0 spiro atoms. The van der Waals surface area contributed by atoms with E-state index >= 15 is 0 Å². The number of nitro benzene ring substituents is 2. The number of ether oxygens (including phenoxy) is 2. The van der Waals surface area contributed by atoms with E-state index < -0.39 is 44.8 Å². The summed E-state index contributed by atoms with van der Waals surface area (Å²) >= 11 is 0.674. The van der Waals surface area contributed by atoms with Crippen LogP contribution in [-0.2, 0) is 9.59 Å². The van der Waals surface area contributed by atoms with Gasteiger partial charge < -0.3 is 14.8 Å². The van der Waals surface area contributed by atoms with Crippen molar-refractivity contribution in [3.05, 3.63) is 96.9 Å². The number of nitrogens with zero attached hydrogens (tertiary/aromatic N) is 3. The predicted octanol–water partition coefficient (Wildman–Crippen LogP) is 5.29. The van der Waals surface area contributed by atoms with E-state index in [2.05, 4.69) is 5.32 Å². The van der Waals surface area contributed by atoms with Gasteiger partial charge in [-0.1, -0.05) is 24.3 Å². The molecule has 3 amide bonds. The number of non-ortho nitro benzene ring substituents is 1. The normalized spacial score (nSPS) is 13.8. The van der Waals surface area contributed by atoms with Crippen molar-refractivity contribution in [2.24, 2.45) is 0 Å². The average molecular weight is 565 g/mol. The van der Waals surface area contributed by atoms with Crippen LogP contribution >= 0.6 is 11.8 Å². The third-order valence-corrected chi connectivity index (χ3v) is 6.56. The number of carbonyl (C=O) groups excluding carboxylic acids is 3. The fourth-order valence-electron chi connectivity index (χ4n) is 3.66. The van der Waals surface area contributed by atoms with Gasteiger partial charge in [0.25, 0.3) is 16.8 Å². The maximum atomic E-state index is 12.9. The summed E-state index contributed by atoms with van der Waals surface area (Å²) in [5, 5.41) is 24.5. The highest BCUT2D eigenvalue weighted by Crippen LogP contribution is 2.39. The number of rotatable bonds is 9. The van der Waals surface area contributed by atoms with Crippen LogP contribution in [-0.4, -0.2) is 45.5 Å². The number of carbonyl (C=O) groups is 3. The molecule has 40 heavy (non-hydrogen) atoms. The molecule has 0 atom stereocenters. The Balaban J connectivity index is 1.51. The van der Waals surface area contributed by atoms with Gasteiger partial charge in [0.2, 0.25) is 11.7 Å². The Morgan fingerprint density at radius 3 is 2.40 bits per heavy atom. The largest absolute Gasteiger partial charge is 0.493 e. The van der Waals surface area contributed by atoms with Gasteiger partial charge in [0.15, 0.2) is 11.5 Å². The fraction of sp³-hybridized carbons (Fsp3) is 0.115. The first kappa shape index (κ1) is 27.8. The smallest absolute Gasteiger partial charge is 0.318 e. The van der Waals surface area contributed by atoms with Gasteiger partial charge in [0.1, 0.15) is 6.54 Å². The summed E-state index contributed by atoms with van der Waals surface area (Å²) in [6.45, 7) is 1.36. The summed E-state index contributed by atoms with van der Waals surface area (Å²) in [5.74, 6) is -1.21. The molecule has 0 saturated carbocycles. The maximum Gasteiger partial charge on any atom is 0.318 e. The molecule has 204 valence electrons. The summed E-state index contributed by atoms with van der Waals surface area (Å²) in [6.07, 6.45) is 1.44. The number of amides is 3. The van der Waals surface area contributed by atoms with Gasteiger partial charge in [0.05, 0.1) is 27.9 Å². The summed E-state index contributed by atoms with van der Waals surface area (Å²) in [7, 11) is 1.33. The van der Waals surface area contributed by atoms with Crippen molar-refractivity contribution in [1.29, 1.82) is 0 Å². The molecular weight excluding hydrogens is 544 g/mol. The molecular formula is C26H20N4O9S. The van der Waals surface area contributed by atoms with Crippen LogP contribution in [0.3, 0.4) is 0 Å². The van der Waals surface area contributed by atoms with Crippen LogP contribution in [0, 0.1) is 27.2 Å². The summed E-state index contributed by atoms with van der Waals surface area (Å²) in [5.41, 5.74) is 0.763. The van der Waals surface area contributed by atoms with E-state index in [0.29, 0.717) is 23.0 Å². The minimum absolute atomic E-state index is 0.0672. The number of methoxy groups -OCH3 is 1. The second-order valence-electron chi connectivity index (χ2n) is 8.31. The Morgan fingerprint density at radius 2 is 1.73 bits per heavy atom. The SMILES string of the molecule is COc1cc(/C=C2/SC(=O)N(CC(=O)Nc3ccccc3C)C2=O)ccc1Oc1ccc([N+](=O)[O-])cc1[N+](=O)[O-]. The molecule has 1 N–H and O–H groups in total. The number of nitrogens with one attached hydrogen (secondary N) is 1. The maximum absolute atomic E-state index is 12.9. The Labute approximate surface area is 230 Å². The average Bonchev–Trinajstić information content (AvgIpc) is 3.17. The highest BCUT2D eigenvalue weighted by Gasteiger charge is 2.36. The molecule has 0 aromatic heterocycles. The van der Waals surface area contributed by atoms with Gasteiger partial charge in [-0.3, -0.25) is 39.5 Å². The predicted molar refractivity (Wildman–Crippen MR) is 145 cm³/mol. The lowest BCUT2D eigenvalue weighted by Gasteiger charge is -2.13. The molecule has 1 aliphatic rings. The number of nitro groups is 2. The van der Waals surface area contributed by atoms with Crippen molar-refractivity contribution in [1.82, 2.24) is 4.90 Å². The number of para-hydroxylation sites is 1. The molecule has 4 rings (SSSR count). The van der Waals surface area contributed by atoms with E-state index in [1.54, 1.807) is 12.1 Å². The molecule has 1 fully saturated rings. The van der Waals surface area contributed by atoms with Gasteiger partial charge in [-0.2, -0.15) is 0 Å². The standard InChI is InChI=1S/C26H20N4O9S/c1-15-5-3-4-6-18(15)27-24(31)14-28-25(32)23(40-26(28)33)12-16-7-9-21(22(11-16)38-2)39-20-10-8-17(29(34)35)13-19(20)30(36)37/h3-13H,14H2,1-2H3,(H,27,31)/b23-12+. The van der Waals surface area contributed by atoms with Crippen molar-refractivity contribution in [3.8, 4) is 17.2 Å². The number of thioether (sulfide) groups is 1. The fourth-order valence-corrected chi connectivity index (χ4v) is 4.50. The minimum atomic E-state index is -0.805. The lowest BCUT2D eigenvalue weighted by Crippen LogP contribution is -2.36. The van der Waals surface area contributed by atoms with Crippen LogP contribution < -0.4 is 14.8 Å². The molecule has 0 bridgehead atoms. The van der Waals surface area contributed by atoms with Crippen LogP contribution in [0.2, 0.25) is 0 Å². The number of benzene rings is 3. The van der Waals surface area contributed by atoms with Crippen molar-refractivity contribution in [2.75, 3.05) is 19.0 Å². The van der Waals surface area contributed by atoms with Gasteiger partial charge >= 0.3 is 5.69 Å². The summed E-state index contributed by atoms with van der Waals surface area (Å²) in [6, 6.07) is 14.5. The number of imide groups is 1. The highest BCUT2D eigenvalue weighted by molar-refractivity contribution is 8.18. The second-order valence-corrected chi connectivity index (χ2v) is 9.30. The third-order valence-electron chi connectivity index (χ3n) is 5.65. The number of hydrogen-bond acceptors (Lipinski definition) is 10. The zero-order valence-corrected chi connectivity index (χ0v) is 21.8. The van der Waals surface area contributed by atoms with Crippen LogP contribution in [0.5, 0.6) is 17.2 Å². The van der Waals surface area contributed by atoms with Gasteiger partial charge in [-0.05, 0) is 60.2 Å². The number of anilines is 1. The molecule has 1 aliphatic heterocycles. The van der Waals surface area contributed by atoms with E-state index in [4.69, 9.17) is 9.47 Å².